The third-order valence-corrected chi connectivity index (χ3v) is 4.73. The van der Waals surface area contributed by atoms with Crippen LogP contribution in [0.1, 0.15) is 12.0 Å². The summed E-state index contributed by atoms with van der Waals surface area (Å²) in [7, 11) is 0. The molecule has 0 bridgehead atoms. The molecule has 27 heavy (non-hydrogen) atoms. The molecule has 0 aliphatic carbocycles. The summed E-state index contributed by atoms with van der Waals surface area (Å²) >= 11 is 0. The molecule has 2 aliphatic rings. The summed E-state index contributed by atoms with van der Waals surface area (Å²) in [6.07, 6.45) is 3.89. The number of anilines is 4. The largest absolute Gasteiger partial charge is 0.486 e. The molecule has 5 rings (SSSR count). The number of benzene rings is 2. The van der Waals surface area contributed by atoms with Gasteiger partial charge in [0.1, 0.15) is 13.2 Å². The zero-order valence-corrected chi connectivity index (χ0v) is 14.8. The van der Waals surface area contributed by atoms with E-state index in [9.17, 15) is 0 Å². The van der Waals surface area contributed by atoms with E-state index in [-0.39, 0.29) is 0 Å². The lowest BCUT2D eigenvalue weighted by Gasteiger charge is -2.30. The highest BCUT2D eigenvalue weighted by atomic mass is 16.6. The smallest absolute Gasteiger partial charge is 0.249 e. The number of para-hydroxylation sites is 1. The topological polar surface area (TPSA) is 72.4 Å². The fraction of sp³-hybridized carbons (Fsp3) is 0.250. The number of rotatable bonds is 3. The zero-order chi connectivity index (χ0) is 18.1. The van der Waals surface area contributed by atoms with Crippen LogP contribution in [-0.2, 0) is 6.42 Å². The highest BCUT2D eigenvalue weighted by Gasteiger charge is 2.20. The predicted molar refractivity (Wildman–Crippen MR) is 102 cm³/mol. The molecule has 3 aromatic rings. The van der Waals surface area contributed by atoms with Crippen molar-refractivity contribution in [2.24, 2.45) is 0 Å². The first-order valence-corrected chi connectivity index (χ1v) is 9.09. The van der Waals surface area contributed by atoms with Crippen LogP contribution in [-0.4, -0.2) is 34.9 Å². The number of aryl methyl sites for hydroxylation is 1. The van der Waals surface area contributed by atoms with E-state index in [4.69, 9.17) is 9.47 Å². The van der Waals surface area contributed by atoms with Crippen LogP contribution >= 0.6 is 0 Å². The molecule has 0 saturated carbocycles. The summed E-state index contributed by atoms with van der Waals surface area (Å²) in [5.41, 5.74) is 3.36. The van der Waals surface area contributed by atoms with Crippen molar-refractivity contribution in [1.82, 2.24) is 15.2 Å². The van der Waals surface area contributed by atoms with Gasteiger partial charge in [0.25, 0.3) is 0 Å². The van der Waals surface area contributed by atoms with E-state index < -0.39 is 0 Å². The summed E-state index contributed by atoms with van der Waals surface area (Å²) in [4.78, 5) is 6.87. The van der Waals surface area contributed by atoms with Gasteiger partial charge in [0, 0.05) is 24.0 Å². The van der Waals surface area contributed by atoms with Crippen molar-refractivity contribution in [2.75, 3.05) is 30.0 Å². The van der Waals surface area contributed by atoms with Gasteiger partial charge < -0.3 is 19.7 Å². The Morgan fingerprint density at radius 1 is 1.00 bits per heavy atom. The first kappa shape index (κ1) is 15.9. The van der Waals surface area contributed by atoms with Crippen molar-refractivity contribution in [3.63, 3.8) is 0 Å². The van der Waals surface area contributed by atoms with Crippen LogP contribution in [0, 0.1) is 0 Å². The standard InChI is InChI=1S/C20H19N5O2/c1-2-6-16-14(4-1)5-3-9-25(16)19-13-21-24-20(23-19)22-15-7-8-17-18(12-15)27-11-10-26-17/h1-2,4,6-8,12-13H,3,5,9-11H2,(H,22,23,24). The Bertz CT molecular complexity index is 978. The minimum Gasteiger partial charge on any atom is -0.486 e. The average molecular weight is 361 g/mol. The number of fused-ring (bicyclic) bond motifs is 2. The van der Waals surface area contributed by atoms with Crippen molar-refractivity contribution >= 4 is 23.1 Å². The lowest BCUT2D eigenvalue weighted by molar-refractivity contribution is 0.171. The Labute approximate surface area is 157 Å². The van der Waals surface area contributed by atoms with E-state index in [1.54, 1.807) is 6.20 Å². The second kappa shape index (κ2) is 6.75. The Balaban J connectivity index is 1.42. The lowest BCUT2D eigenvalue weighted by Crippen LogP contribution is -2.25. The van der Waals surface area contributed by atoms with Crippen molar-refractivity contribution in [1.29, 1.82) is 0 Å². The van der Waals surface area contributed by atoms with Crippen LogP contribution < -0.4 is 19.7 Å². The summed E-state index contributed by atoms with van der Waals surface area (Å²) in [6.45, 7) is 2.05. The number of hydrogen-bond donors (Lipinski definition) is 1. The zero-order valence-electron chi connectivity index (χ0n) is 14.8. The van der Waals surface area contributed by atoms with Crippen molar-refractivity contribution < 1.29 is 9.47 Å². The maximum absolute atomic E-state index is 5.63. The highest BCUT2D eigenvalue weighted by Crippen LogP contribution is 2.34. The van der Waals surface area contributed by atoms with E-state index in [1.165, 1.54) is 11.3 Å². The van der Waals surface area contributed by atoms with Gasteiger partial charge in [-0.25, -0.2) is 0 Å². The minimum absolute atomic E-state index is 0.451. The molecule has 0 unspecified atom stereocenters. The highest BCUT2D eigenvalue weighted by molar-refractivity contribution is 5.66. The van der Waals surface area contributed by atoms with Gasteiger partial charge in [-0.1, -0.05) is 18.2 Å². The third-order valence-electron chi connectivity index (χ3n) is 4.73. The van der Waals surface area contributed by atoms with E-state index in [0.717, 1.165) is 42.4 Å². The molecule has 3 heterocycles. The van der Waals surface area contributed by atoms with E-state index in [2.05, 4.69) is 49.7 Å². The fourth-order valence-electron chi connectivity index (χ4n) is 3.50. The average Bonchev–Trinajstić information content (AvgIpc) is 2.73. The SMILES string of the molecule is c1ccc2c(c1)CCCN2c1cnnc(Nc2ccc3c(c2)OCCO3)n1. The molecule has 2 aromatic carbocycles. The van der Waals surface area contributed by atoms with Crippen LogP contribution in [0.5, 0.6) is 11.5 Å². The van der Waals surface area contributed by atoms with Crippen LogP contribution in [0.2, 0.25) is 0 Å². The summed E-state index contributed by atoms with van der Waals surface area (Å²) in [5, 5.41) is 11.5. The Hall–Kier alpha value is -3.35. The van der Waals surface area contributed by atoms with Gasteiger partial charge in [0.2, 0.25) is 5.95 Å². The second-order valence-corrected chi connectivity index (χ2v) is 6.51. The number of aromatic nitrogens is 3. The molecule has 2 aliphatic heterocycles. The number of nitrogens with zero attached hydrogens (tertiary/aromatic N) is 4. The molecule has 0 amide bonds. The monoisotopic (exact) mass is 361 g/mol. The van der Waals surface area contributed by atoms with E-state index in [1.807, 2.05) is 18.2 Å². The first-order valence-electron chi connectivity index (χ1n) is 9.09. The summed E-state index contributed by atoms with van der Waals surface area (Å²) in [6, 6.07) is 14.1. The maximum Gasteiger partial charge on any atom is 0.249 e. The van der Waals surface area contributed by atoms with Gasteiger partial charge in [0.05, 0.1) is 6.20 Å². The molecular formula is C20H19N5O2. The predicted octanol–water partition coefficient (Wildman–Crippen LogP) is 3.47. The normalized spacial score (nSPS) is 15.2. The molecule has 0 saturated heterocycles. The first-order chi connectivity index (χ1) is 13.4. The molecule has 0 atom stereocenters. The van der Waals surface area contributed by atoms with Crippen LogP contribution in [0.3, 0.4) is 0 Å². The quantitative estimate of drug-likeness (QED) is 0.766. The van der Waals surface area contributed by atoms with E-state index in [0.29, 0.717) is 19.2 Å². The molecule has 7 heteroatoms. The van der Waals surface area contributed by atoms with Gasteiger partial charge in [-0.2, -0.15) is 10.1 Å². The van der Waals surface area contributed by atoms with Crippen molar-refractivity contribution in [2.45, 2.75) is 12.8 Å². The van der Waals surface area contributed by atoms with E-state index >= 15 is 0 Å². The summed E-state index contributed by atoms with van der Waals surface area (Å²) in [5.74, 6) is 2.72. The van der Waals surface area contributed by atoms with Gasteiger partial charge in [-0.3, -0.25) is 0 Å². The Kier molecular flexibility index (Phi) is 3.97. The summed E-state index contributed by atoms with van der Waals surface area (Å²) < 4.78 is 11.2. The molecule has 0 radical (unpaired) electrons. The van der Waals surface area contributed by atoms with Gasteiger partial charge in [-0.15, -0.1) is 5.10 Å². The molecule has 0 spiro atoms. The molecular weight excluding hydrogens is 342 g/mol. The van der Waals surface area contributed by atoms with Gasteiger partial charge in [0.15, 0.2) is 17.3 Å². The molecule has 0 fully saturated rings. The van der Waals surface area contributed by atoms with Crippen LogP contribution in [0.15, 0.2) is 48.7 Å². The van der Waals surface area contributed by atoms with Crippen LogP contribution in [0.4, 0.5) is 23.1 Å². The van der Waals surface area contributed by atoms with Crippen molar-refractivity contribution in [3.05, 3.63) is 54.2 Å². The molecule has 7 nitrogen and oxygen atoms in total. The maximum atomic E-state index is 5.63. The molecule has 1 N–H and O–H groups in total. The molecule has 136 valence electrons. The number of hydrogen-bond acceptors (Lipinski definition) is 7. The second-order valence-electron chi connectivity index (χ2n) is 6.51. The van der Waals surface area contributed by atoms with Gasteiger partial charge >= 0.3 is 0 Å². The number of ether oxygens (including phenoxy) is 2. The van der Waals surface area contributed by atoms with Crippen molar-refractivity contribution in [3.8, 4) is 11.5 Å². The van der Waals surface area contributed by atoms with Gasteiger partial charge in [-0.05, 0) is 36.6 Å². The van der Waals surface area contributed by atoms with Crippen LogP contribution in [0.25, 0.3) is 0 Å². The third kappa shape index (κ3) is 3.12. The Morgan fingerprint density at radius 2 is 1.89 bits per heavy atom. The molecule has 1 aromatic heterocycles. The number of nitrogens with one attached hydrogen (secondary N) is 1. The lowest BCUT2D eigenvalue weighted by atomic mass is 10.0. The Morgan fingerprint density at radius 3 is 2.85 bits per heavy atom. The fourth-order valence-corrected chi connectivity index (χ4v) is 3.50. The minimum atomic E-state index is 0.451.